The Kier molecular flexibility index (Phi) is 5.59. The molecule has 1 N–H and O–H groups in total. The number of ether oxygens (including phenoxy) is 1. The van der Waals surface area contributed by atoms with Crippen molar-refractivity contribution in [1.82, 2.24) is 18.8 Å². The summed E-state index contributed by atoms with van der Waals surface area (Å²) in [5.41, 5.74) is 1.56. The molecule has 0 spiro atoms. The molecule has 1 aliphatic heterocycles. The van der Waals surface area contributed by atoms with Crippen molar-refractivity contribution >= 4 is 28.5 Å². The molecule has 29 heavy (non-hydrogen) atoms. The van der Waals surface area contributed by atoms with Gasteiger partial charge >= 0.3 is 5.69 Å². The van der Waals surface area contributed by atoms with Crippen molar-refractivity contribution in [3.8, 4) is 0 Å². The number of hydrogen-bond donors (Lipinski definition) is 1. The van der Waals surface area contributed by atoms with Crippen LogP contribution in [0.4, 0.5) is 0 Å². The Morgan fingerprint density at radius 2 is 2.07 bits per heavy atom. The van der Waals surface area contributed by atoms with Gasteiger partial charge in [0.15, 0.2) is 5.52 Å². The number of nitrogens with one attached hydrogen (secondary N) is 1. The molecular formula is C20H22N4O4S. The van der Waals surface area contributed by atoms with Gasteiger partial charge in [0.2, 0.25) is 5.91 Å². The largest absolute Gasteiger partial charge is 0.376 e. The second-order valence-electron chi connectivity index (χ2n) is 7.23. The van der Waals surface area contributed by atoms with Crippen LogP contribution in [0.5, 0.6) is 0 Å². The summed E-state index contributed by atoms with van der Waals surface area (Å²) in [6.45, 7) is 3.06. The average Bonchev–Trinajstić information content (AvgIpc) is 3.40. The molecule has 2 aromatic heterocycles. The highest BCUT2D eigenvalue weighted by Gasteiger charge is 2.19. The van der Waals surface area contributed by atoms with Gasteiger partial charge in [-0.3, -0.25) is 18.7 Å². The van der Waals surface area contributed by atoms with Crippen molar-refractivity contribution in [2.75, 3.05) is 13.2 Å². The van der Waals surface area contributed by atoms with Crippen LogP contribution in [0.15, 0.2) is 39.2 Å². The smallest absolute Gasteiger partial charge is 0.332 e. The second kappa shape index (κ2) is 8.30. The summed E-state index contributed by atoms with van der Waals surface area (Å²) in [5.74, 6) is -0.296. The molecule has 0 unspecified atom stereocenters. The lowest BCUT2D eigenvalue weighted by molar-refractivity contribution is -0.122. The Balaban J connectivity index is 1.63. The third-order valence-corrected chi connectivity index (χ3v) is 5.68. The van der Waals surface area contributed by atoms with Crippen LogP contribution < -0.4 is 16.6 Å². The first-order chi connectivity index (χ1) is 14.0. The zero-order chi connectivity index (χ0) is 20.4. The Morgan fingerprint density at radius 3 is 2.79 bits per heavy atom. The molecule has 1 atom stereocenters. The van der Waals surface area contributed by atoms with Gasteiger partial charge in [0.25, 0.3) is 5.56 Å². The second-order valence-corrected chi connectivity index (χ2v) is 7.86. The summed E-state index contributed by atoms with van der Waals surface area (Å²) in [6, 6.07) is 7.62. The van der Waals surface area contributed by atoms with Crippen molar-refractivity contribution in [2.45, 2.75) is 39.0 Å². The Labute approximate surface area is 170 Å². The van der Waals surface area contributed by atoms with E-state index in [1.807, 2.05) is 31.2 Å². The van der Waals surface area contributed by atoms with Crippen molar-refractivity contribution in [3.63, 3.8) is 0 Å². The number of fused-ring (bicyclic) bond motifs is 1. The van der Waals surface area contributed by atoms with E-state index in [2.05, 4.69) is 9.69 Å². The van der Waals surface area contributed by atoms with E-state index in [1.54, 1.807) is 5.38 Å². The predicted octanol–water partition coefficient (Wildman–Crippen LogP) is 1.27. The van der Waals surface area contributed by atoms with E-state index in [0.717, 1.165) is 40.1 Å². The maximum absolute atomic E-state index is 13.1. The Hall–Kier alpha value is -2.78. The summed E-state index contributed by atoms with van der Waals surface area (Å²) >= 11 is 1.09. The van der Waals surface area contributed by atoms with Gasteiger partial charge in [-0.15, -0.1) is 0 Å². The summed E-state index contributed by atoms with van der Waals surface area (Å²) in [4.78, 5) is 38.3. The molecule has 0 saturated carbocycles. The minimum absolute atomic E-state index is 0.0222. The number of rotatable bonds is 6. The molecule has 1 aliphatic rings. The number of aromatic nitrogens is 3. The van der Waals surface area contributed by atoms with Gasteiger partial charge in [-0.1, -0.05) is 29.8 Å². The quantitative estimate of drug-likeness (QED) is 0.656. The molecule has 0 radical (unpaired) electrons. The monoisotopic (exact) mass is 414 g/mol. The predicted molar refractivity (Wildman–Crippen MR) is 110 cm³/mol. The highest BCUT2D eigenvalue weighted by Crippen LogP contribution is 2.12. The van der Waals surface area contributed by atoms with Gasteiger partial charge in [0.05, 0.1) is 18.2 Å². The standard InChI is InChI=1S/C20H22N4O4S/c1-13-4-6-14(7-5-13)10-24-19(26)18-16(12-29-22-18)23(20(24)27)11-17(25)21-9-15-3-2-8-28-15/h4-7,12,15H,2-3,8-11H2,1H3,(H,21,25)/t15-/m0/s1. The number of amides is 1. The minimum atomic E-state index is -0.518. The lowest BCUT2D eigenvalue weighted by Gasteiger charge is -2.14. The summed E-state index contributed by atoms with van der Waals surface area (Å²) in [6.07, 6.45) is 1.93. The van der Waals surface area contributed by atoms with E-state index in [1.165, 1.54) is 4.57 Å². The molecule has 1 amide bonds. The van der Waals surface area contributed by atoms with Crippen molar-refractivity contribution in [1.29, 1.82) is 0 Å². The highest BCUT2D eigenvalue weighted by molar-refractivity contribution is 7.04. The van der Waals surface area contributed by atoms with E-state index in [9.17, 15) is 14.4 Å². The summed E-state index contributed by atoms with van der Waals surface area (Å²) in [5, 5.41) is 4.45. The number of nitrogens with zero attached hydrogens (tertiary/aromatic N) is 3. The normalized spacial score (nSPS) is 16.4. The van der Waals surface area contributed by atoms with Gasteiger partial charge < -0.3 is 10.1 Å². The van der Waals surface area contributed by atoms with Crippen LogP contribution in [0.3, 0.4) is 0 Å². The first kappa shape index (κ1) is 19.5. The van der Waals surface area contributed by atoms with Gasteiger partial charge in [-0.2, -0.15) is 4.37 Å². The van der Waals surface area contributed by atoms with E-state index in [-0.39, 0.29) is 30.6 Å². The van der Waals surface area contributed by atoms with Crippen LogP contribution in [0.25, 0.3) is 11.0 Å². The van der Waals surface area contributed by atoms with Gasteiger partial charge in [0, 0.05) is 18.5 Å². The molecule has 8 nitrogen and oxygen atoms in total. The summed E-state index contributed by atoms with van der Waals surface area (Å²) in [7, 11) is 0. The maximum atomic E-state index is 13.1. The van der Waals surface area contributed by atoms with E-state index in [4.69, 9.17) is 4.74 Å². The maximum Gasteiger partial charge on any atom is 0.332 e. The van der Waals surface area contributed by atoms with Crippen LogP contribution in [0, 0.1) is 6.92 Å². The molecule has 1 aromatic carbocycles. The third kappa shape index (κ3) is 4.15. The first-order valence-electron chi connectivity index (χ1n) is 9.54. The van der Waals surface area contributed by atoms with Crippen LogP contribution in [0.1, 0.15) is 24.0 Å². The molecule has 1 fully saturated rings. The zero-order valence-electron chi connectivity index (χ0n) is 16.1. The lowest BCUT2D eigenvalue weighted by Crippen LogP contribution is -2.43. The molecular weight excluding hydrogens is 392 g/mol. The average molecular weight is 414 g/mol. The van der Waals surface area contributed by atoms with E-state index in [0.29, 0.717) is 18.7 Å². The van der Waals surface area contributed by atoms with Gasteiger partial charge in [-0.25, -0.2) is 4.79 Å². The number of carbonyl (C=O) groups is 1. The number of aryl methyl sites for hydroxylation is 1. The zero-order valence-corrected chi connectivity index (χ0v) is 16.9. The number of benzene rings is 1. The van der Waals surface area contributed by atoms with Gasteiger partial charge in [0.1, 0.15) is 6.54 Å². The first-order valence-corrected chi connectivity index (χ1v) is 10.4. The van der Waals surface area contributed by atoms with Crippen LogP contribution in [-0.4, -0.2) is 38.7 Å². The molecule has 4 rings (SSSR count). The van der Waals surface area contributed by atoms with Crippen LogP contribution >= 0.6 is 11.5 Å². The summed E-state index contributed by atoms with van der Waals surface area (Å²) < 4.78 is 12.1. The topological polar surface area (TPSA) is 95.2 Å². The van der Waals surface area contributed by atoms with E-state index < -0.39 is 11.2 Å². The van der Waals surface area contributed by atoms with Crippen molar-refractivity contribution < 1.29 is 9.53 Å². The SMILES string of the molecule is Cc1ccc(Cn2c(=O)c3nscc3n(CC(=O)NC[C@@H]3CCCO3)c2=O)cc1. The number of carbonyl (C=O) groups excluding carboxylic acids is 1. The third-order valence-electron chi connectivity index (χ3n) is 5.07. The lowest BCUT2D eigenvalue weighted by atomic mass is 10.1. The fourth-order valence-corrected chi connectivity index (χ4v) is 4.10. The molecule has 0 bridgehead atoms. The van der Waals surface area contributed by atoms with Crippen LogP contribution in [-0.2, 0) is 22.6 Å². The van der Waals surface area contributed by atoms with Crippen molar-refractivity contribution in [3.05, 3.63) is 61.6 Å². The van der Waals surface area contributed by atoms with E-state index >= 15 is 0 Å². The Bertz CT molecular complexity index is 1140. The molecule has 9 heteroatoms. The molecule has 3 aromatic rings. The highest BCUT2D eigenvalue weighted by atomic mass is 32.1. The molecule has 1 saturated heterocycles. The van der Waals surface area contributed by atoms with Crippen molar-refractivity contribution in [2.24, 2.45) is 0 Å². The van der Waals surface area contributed by atoms with Gasteiger partial charge in [-0.05, 0) is 36.9 Å². The molecule has 152 valence electrons. The fraction of sp³-hybridized carbons (Fsp3) is 0.400. The molecule has 3 heterocycles. The Morgan fingerprint density at radius 1 is 1.28 bits per heavy atom. The fourth-order valence-electron chi connectivity index (χ4n) is 3.44. The van der Waals surface area contributed by atoms with Crippen LogP contribution in [0.2, 0.25) is 0 Å². The minimum Gasteiger partial charge on any atom is -0.376 e. The molecule has 0 aliphatic carbocycles. The number of hydrogen-bond acceptors (Lipinski definition) is 6.